The van der Waals surface area contributed by atoms with Crippen molar-refractivity contribution in [3.63, 3.8) is 0 Å². The quantitative estimate of drug-likeness (QED) is 0.464. The van der Waals surface area contributed by atoms with Crippen molar-refractivity contribution in [3.05, 3.63) is 77.2 Å². The van der Waals surface area contributed by atoms with Gasteiger partial charge in [0.2, 0.25) is 5.91 Å². The van der Waals surface area contributed by atoms with Crippen molar-refractivity contribution in [2.45, 2.75) is 31.7 Å². The fourth-order valence-corrected chi connectivity index (χ4v) is 5.45. The first-order chi connectivity index (χ1) is 16.3. The molecule has 0 saturated heterocycles. The number of likely N-dealkylation sites (N-methyl/N-ethyl adjacent to an activating group) is 1. The number of carbonyl (C=O) groups is 2. The Hall–Kier alpha value is -3.52. The van der Waals surface area contributed by atoms with Crippen LogP contribution in [0.25, 0.3) is 10.9 Å². The molecule has 0 radical (unpaired) electrons. The van der Waals surface area contributed by atoms with E-state index in [1.807, 2.05) is 25.4 Å². The number of hydrogen-bond donors (Lipinski definition) is 1. The molecule has 0 unspecified atom stereocenters. The van der Waals surface area contributed by atoms with Crippen LogP contribution in [0.1, 0.15) is 34.7 Å². The first-order valence-corrected chi connectivity index (χ1v) is 12.2. The number of benzene rings is 2. The molecule has 35 heavy (non-hydrogen) atoms. The zero-order valence-corrected chi connectivity index (χ0v) is 20.5. The number of fused-ring (bicyclic) bond motifs is 2. The van der Waals surface area contributed by atoms with E-state index in [0.717, 1.165) is 32.7 Å². The molecule has 1 atom stereocenters. The maximum absolute atomic E-state index is 13.2. The smallest absolute Gasteiger partial charge is 0.270 e. The Labute approximate surface area is 210 Å². The number of nitrogens with zero attached hydrogens (tertiary/aromatic N) is 4. The minimum atomic E-state index is -0.631. The first kappa shape index (κ1) is 24.6. The zero-order chi connectivity index (χ0) is 24.0. The molecule has 182 valence electrons. The Morgan fingerprint density at radius 2 is 1.86 bits per heavy atom. The molecule has 7 nitrogen and oxygen atoms in total. The third-order valence-electron chi connectivity index (χ3n) is 6.34. The summed E-state index contributed by atoms with van der Waals surface area (Å²) in [6, 6.07) is 15.6. The number of amides is 2. The van der Waals surface area contributed by atoms with Gasteiger partial charge in [0.25, 0.3) is 5.91 Å². The first-order valence-electron chi connectivity index (χ1n) is 11.2. The minimum absolute atomic E-state index is 0. The lowest BCUT2D eigenvalue weighted by molar-refractivity contribution is -0.119. The minimum Gasteiger partial charge on any atom is -0.351 e. The van der Waals surface area contributed by atoms with E-state index in [1.54, 1.807) is 41.5 Å². The highest BCUT2D eigenvalue weighted by Crippen LogP contribution is 2.37. The highest BCUT2D eigenvalue weighted by Gasteiger charge is 2.31. The Balaban J connectivity index is 0.00000289. The maximum Gasteiger partial charge on any atom is 0.270 e. The molecule has 0 aliphatic carbocycles. The van der Waals surface area contributed by atoms with Gasteiger partial charge < -0.3 is 14.8 Å². The highest BCUT2D eigenvalue weighted by atomic mass is 32.2. The van der Waals surface area contributed by atoms with Gasteiger partial charge in [0.1, 0.15) is 11.7 Å². The van der Waals surface area contributed by atoms with Crippen LogP contribution in [-0.4, -0.2) is 45.0 Å². The molecular weight excluding hydrogens is 458 g/mol. The van der Waals surface area contributed by atoms with E-state index in [2.05, 4.69) is 52.2 Å². The van der Waals surface area contributed by atoms with E-state index in [9.17, 15) is 9.59 Å². The van der Waals surface area contributed by atoms with Crippen LogP contribution < -0.4 is 10.2 Å². The van der Waals surface area contributed by atoms with Crippen molar-refractivity contribution in [1.29, 1.82) is 0 Å². The highest BCUT2D eigenvalue weighted by molar-refractivity contribution is 7.99. The molecule has 1 aliphatic rings. The SMILES string of the molecule is C.Cc1ccc(Cc2cc(C(=O)N[C@H]3CSc4cc5c(ccn5C)cc4N(C)C3=O)n(C)n2)cc1. The summed E-state index contributed by atoms with van der Waals surface area (Å²) in [5.74, 6) is 0.0388. The van der Waals surface area contributed by atoms with E-state index < -0.39 is 6.04 Å². The van der Waals surface area contributed by atoms with Gasteiger partial charge in [-0.1, -0.05) is 37.3 Å². The number of aryl methyl sites for hydroxylation is 3. The monoisotopic (exact) mass is 489 g/mol. The molecule has 2 aromatic heterocycles. The van der Waals surface area contributed by atoms with Gasteiger partial charge in [-0.3, -0.25) is 14.3 Å². The molecule has 0 saturated carbocycles. The summed E-state index contributed by atoms with van der Waals surface area (Å²) < 4.78 is 3.65. The van der Waals surface area contributed by atoms with Crippen LogP contribution in [0.5, 0.6) is 0 Å². The number of carbonyl (C=O) groups excluding carboxylic acids is 2. The van der Waals surface area contributed by atoms with Gasteiger partial charge in [-0.2, -0.15) is 5.10 Å². The fourth-order valence-electron chi connectivity index (χ4n) is 4.34. The number of anilines is 1. The molecule has 1 N–H and O–H groups in total. The van der Waals surface area contributed by atoms with E-state index in [1.165, 1.54) is 5.56 Å². The number of hydrogen-bond acceptors (Lipinski definition) is 4. The van der Waals surface area contributed by atoms with Crippen LogP contribution >= 0.6 is 11.8 Å². The predicted molar refractivity (Wildman–Crippen MR) is 142 cm³/mol. The number of nitrogens with one attached hydrogen (secondary N) is 1. The molecule has 0 bridgehead atoms. The van der Waals surface area contributed by atoms with Crippen LogP contribution in [0.2, 0.25) is 0 Å². The molecular formula is C27H31N5O2S. The van der Waals surface area contributed by atoms with Gasteiger partial charge in [0.15, 0.2) is 0 Å². The van der Waals surface area contributed by atoms with Gasteiger partial charge in [-0.15, -0.1) is 11.8 Å². The lowest BCUT2D eigenvalue weighted by Gasteiger charge is -2.21. The summed E-state index contributed by atoms with van der Waals surface area (Å²) in [6.07, 6.45) is 2.66. The maximum atomic E-state index is 13.2. The Morgan fingerprint density at radius 1 is 1.11 bits per heavy atom. The molecule has 8 heteroatoms. The van der Waals surface area contributed by atoms with Crippen molar-refractivity contribution in [3.8, 4) is 0 Å². The average molecular weight is 490 g/mol. The zero-order valence-electron chi connectivity index (χ0n) is 19.7. The van der Waals surface area contributed by atoms with Crippen molar-refractivity contribution in [1.82, 2.24) is 19.7 Å². The summed E-state index contributed by atoms with van der Waals surface area (Å²) in [4.78, 5) is 29.0. The van der Waals surface area contributed by atoms with Gasteiger partial charge in [0, 0.05) is 55.3 Å². The molecule has 5 rings (SSSR count). The summed E-state index contributed by atoms with van der Waals surface area (Å²) in [7, 11) is 5.53. The van der Waals surface area contributed by atoms with Crippen molar-refractivity contribution < 1.29 is 9.59 Å². The van der Waals surface area contributed by atoms with Crippen LogP contribution in [0.15, 0.2) is 59.6 Å². The van der Waals surface area contributed by atoms with Gasteiger partial charge in [-0.05, 0) is 36.8 Å². The summed E-state index contributed by atoms with van der Waals surface area (Å²) in [5.41, 5.74) is 5.58. The summed E-state index contributed by atoms with van der Waals surface area (Å²) in [6.45, 7) is 2.05. The summed E-state index contributed by atoms with van der Waals surface area (Å²) >= 11 is 1.59. The predicted octanol–water partition coefficient (Wildman–Crippen LogP) is 4.31. The van der Waals surface area contributed by atoms with Gasteiger partial charge in [-0.25, -0.2) is 0 Å². The fraction of sp³-hybridized carbons (Fsp3) is 0.296. The largest absolute Gasteiger partial charge is 0.351 e. The van der Waals surface area contributed by atoms with Crippen LogP contribution in [0, 0.1) is 6.92 Å². The average Bonchev–Trinajstić information content (AvgIpc) is 3.34. The molecule has 1 aliphatic heterocycles. The molecule has 0 spiro atoms. The molecule has 2 amide bonds. The topological polar surface area (TPSA) is 72.2 Å². The lowest BCUT2D eigenvalue weighted by atomic mass is 10.1. The molecule has 4 aromatic rings. The van der Waals surface area contributed by atoms with Crippen LogP contribution in [0.3, 0.4) is 0 Å². The van der Waals surface area contributed by atoms with E-state index in [0.29, 0.717) is 17.9 Å². The lowest BCUT2D eigenvalue weighted by Crippen LogP contribution is -2.48. The van der Waals surface area contributed by atoms with E-state index in [4.69, 9.17) is 0 Å². The normalized spacial score (nSPS) is 15.5. The van der Waals surface area contributed by atoms with Crippen LogP contribution in [-0.2, 0) is 25.3 Å². The van der Waals surface area contributed by atoms with E-state index in [-0.39, 0.29) is 19.2 Å². The van der Waals surface area contributed by atoms with Gasteiger partial charge in [0.05, 0.1) is 11.4 Å². The van der Waals surface area contributed by atoms with Crippen molar-refractivity contribution in [2.24, 2.45) is 14.1 Å². The van der Waals surface area contributed by atoms with Crippen molar-refractivity contribution in [2.75, 3.05) is 17.7 Å². The Morgan fingerprint density at radius 3 is 2.60 bits per heavy atom. The second kappa shape index (κ2) is 9.62. The number of rotatable bonds is 4. The second-order valence-corrected chi connectivity index (χ2v) is 9.91. The standard InChI is InChI=1S/C26H27N5O2S.CH4/c1-16-5-7-17(8-6-16)11-19-13-23(31(4)28-19)25(32)27-20-15-34-24-14-21-18(9-10-29(21)2)12-22(24)30(3)26(20)33;/h5-10,12-14,20H,11,15H2,1-4H3,(H,27,32);1H4/t20-;/m0./s1. The third-order valence-corrected chi connectivity index (χ3v) is 7.47. The summed E-state index contributed by atoms with van der Waals surface area (Å²) in [5, 5.41) is 8.54. The number of aromatic nitrogens is 3. The number of thioether (sulfide) groups is 1. The van der Waals surface area contributed by atoms with E-state index >= 15 is 0 Å². The molecule has 3 heterocycles. The van der Waals surface area contributed by atoms with Gasteiger partial charge >= 0.3 is 0 Å². The third kappa shape index (κ3) is 4.71. The van der Waals surface area contributed by atoms with Crippen molar-refractivity contribution >= 4 is 40.2 Å². The second-order valence-electron chi connectivity index (χ2n) is 8.85. The Kier molecular flexibility index (Phi) is 6.76. The Bertz CT molecular complexity index is 1400. The van der Waals surface area contributed by atoms with Crippen LogP contribution in [0.4, 0.5) is 5.69 Å². The molecule has 2 aromatic carbocycles. The molecule has 0 fully saturated rings.